The van der Waals surface area contributed by atoms with Crippen LogP contribution in [0.25, 0.3) is 39.0 Å². The maximum atomic E-state index is 15.2. The first-order chi connectivity index (χ1) is 25.5. The second-order valence-corrected chi connectivity index (χ2v) is 13.1. The third kappa shape index (κ3) is 6.12. The van der Waals surface area contributed by atoms with Crippen LogP contribution in [0, 0.1) is 24.4 Å². The van der Waals surface area contributed by atoms with Gasteiger partial charge < -0.3 is 28.6 Å². The van der Waals surface area contributed by atoms with Gasteiger partial charge in [0.1, 0.15) is 41.1 Å². The molecule has 18 heteroatoms. The van der Waals surface area contributed by atoms with Crippen LogP contribution >= 0.6 is 11.6 Å². The Labute approximate surface area is 305 Å². The number of rotatable bonds is 5. The van der Waals surface area contributed by atoms with Gasteiger partial charge in [-0.25, -0.2) is 27.8 Å². The summed E-state index contributed by atoms with van der Waals surface area (Å²) in [6.45, 7) is 4.72. The molecule has 3 atom stereocenters. The average Bonchev–Trinajstić information content (AvgIpc) is 3.81. The van der Waals surface area contributed by atoms with Crippen molar-refractivity contribution in [1.29, 1.82) is 0 Å². The largest absolute Gasteiger partial charge is 0.494 e. The molecule has 4 bridgehead atoms. The highest BCUT2D eigenvalue weighted by molar-refractivity contribution is 6.28. The normalized spacial score (nSPS) is 19.1. The number of aromatic nitrogens is 8. The smallest absolute Gasteiger partial charge is 0.317 e. The number of hydrogen-bond donors (Lipinski definition) is 0. The van der Waals surface area contributed by atoms with Crippen LogP contribution < -0.4 is 14.4 Å². The number of aryl methyl sites for hydroxylation is 1. The van der Waals surface area contributed by atoms with Gasteiger partial charge in [-0.3, -0.25) is 4.79 Å². The summed E-state index contributed by atoms with van der Waals surface area (Å²) in [4.78, 5) is 40.3. The fraction of sp³-hybridized carbons (Fsp3) is 0.343. The summed E-state index contributed by atoms with van der Waals surface area (Å²) < 4.78 is 65.2. The Hall–Kier alpha value is -5.55. The Balaban J connectivity index is 1.25. The van der Waals surface area contributed by atoms with Gasteiger partial charge in [0.05, 0.1) is 54.6 Å². The molecule has 1 amide bonds. The number of methoxy groups -OCH3 is 1. The van der Waals surface area contributed by atoms with Crippen LogP contribution in [-0.2, 0) is 16.1 Å². The third-order valence-corrected chi connectivity index (χ3v) is 9.62. The Morgan fingerprint density at radius 2 is 1.85 bits per heavy atom. The molecule has 0 aliphatic carbocycles. The lowest BCUT2D eigenvalue weighted by atomic mass is 10.1. The zero-order chi connectivity index (χ0) is 37.1. The van der Waals surface area contributed by atoms with E-state index in [0.29, 0.717) is 52.7 Å². The Morgan fingerprint density at radius 1 is 1.04 bits per heavy atom. The van der Waals surface area contributed by atoms with E-state index < -0.39 is 35.7 Å². The number of hydrogen-bond acceptors (Lipinski definition) is 11. The molecule has 4 aromatic heterocycles. The number of carbonyl (C=O) groups is 1. The van der Waals surface area contributed by atoms with E-state index in [-0.39, 0.29) is 59.6 Å². The maximum absolute atomic E-state index is 15.2. The van der Waals surface area contributed by atoms with Gasteiger partial charge in [0.2, 0.25) is 11.2 Å². The maximum Gasteiger partial charge on any atom is 0.317 e. The molecule has 6 aromatic rings. The summed E-state index contributed by atoms with van der Waals surface area (Å²) in [5.41, 5.74) is 1.94. The van der Waals surface area contributed by atoms with E-state index in [0.717, 1.165) is 10.7 Å². The van der Waals surface area contributed by atoms with Crippen molar-refractivity contribution in [3.63, 3.8) is 0 Å². The molecule has 0 saturated carbocycles. The molecular weight excluding hydrogens is 717 g/mol. The number of benzene rings is 2. The van der Waals surface area contributed by atoms with Crippen molar-refractivity contribution in [1.82, 2.24) is 44.2 Å². The number of imidazole rings is 1. The van der Waals surface area contributed by atoms with Crippen LogP contribution in [0.5, 0.6) is 11.8 Å². The summed E-state index contributed by atoms with van der Waals surface area (Å²) in [7, 11) is 2.97. The van der Waals surface area contributed by atoms with Crippen LogP contribution in [0.4, 0.5) is 19.0 Å². The third-order valence-electron chi connectivity index (χ3n) is 9.45. The van der Waals surface area contributed by atoms with E-state index in [9.17, 15) is 9.18 Å². The van der Waals surface area contributed by atoms with Gasteiger partial charge in [0, 0.05) is 56.6 Å². The number of halogens is 4. The number of likely N-dealkylation sites (N-methyl/N-ethyl adjacent to an activating group) is 1. The minimum Gasteiger partial charge on any atom is -0.494 e. The molecule has 8 rings (SSSR count). The number of ether oxygens (including phenoxy) is 3. The fourth-order valence-electron chi connectivity index (χ4n) is 7.22. The molecule has 53 heavy (non-hydrogen) atoms. The Kier molecular flexibility index (Phi) is 8.77. The lowest BCUT2D eigenvalue weighted by Gasteiger charge is -2.31. The van der Waals surface area contributed by atoms with E-state index in [1.165, 1.54) is 31.6 Å². The van der Waals surface area contributed by atoms with E-state index in [4.69, 9.17) is 25.8 Å². The van der Waals surface area contributed by atoms with Crippen molar-refractivity contribution < 1.29 is 32.2 Å². The fourth-order valence-corrected chi connectivity index (χ4v) is 7.38. The molecule has 14 nitrogen and oxygen atoms in total. The summed E-state index contributed by atoms with van der Waals surface area (Å²) in [6, 6.07) is 5.38. The molecule has 6 heterocycles. The molecule has 2 aliphatic heterocycles. The van der Waals surface area contributed by atoms with Crippen LogP contribution in [0.1, 0.15) is 19.2 Å². The van der Waals surface area contributed by atoms with Crippen molar-refractivity contribution in [3.8, 4) is 28.7 Å². The number of nitrogens with zero attached hydrogens (tertiary/aromatic N) is 10. The first kappa shape index (κ1) is 34.5. The van der Waals surface area contributed by atoms with Crippen molar-refractivity contribution in [3.05, 3.63) is 71.3 Å². The van der Waals surface area contributed by atoms with Crippen molar-refractivity contribution in [2.45, 2.75) is 45.1 Å². The Bertz CT molecular complexity index is 2410. The van der Waals surface area contributed by atoms with E-state index >= 15 is 8.78 Å². The summed E-state index contributed by atoms with van der Waals surface area (Å²) in [5.74, 6) is -1.76. The SMILES string of the molecule is CCO[C@H]1CN(C)C(=O)[C@@H]2C[C@@H](CN2c2nc(Cl)nc3c2cnn3-c2c(F)cc(F)cc2OC)Oc2nccc(n2)-c2cc(F)cc3nc(C)n(c23)C1. The van der Waals surface area contributed by atoms with Crippen LogP contribution in [-0.4, -0.2) is 102 Å². The molecule has 1 fully saturated rings. The van der Waals surface area contributed by atoms with Crippen molar-refractivity contribution in [2.75, 3.05) is 38.8 Å². The van der Waals surface area contributed by atoms with E-state index in [1.807, 2.05) is 18.4 Å². The van der Waals surface area contributed by atoms with E-state index in [2.05, 4.69) is 30.0 Å². The molecular formula is C35H32ClF3N10O4. The number of fused-ring (bicyclic) bond motifs is 6. The van der Waals surface area contributed by atoms with Crippen molar-refractivity contribution >= 4 is 45.4 Å². The first-order valence-electron chi connectivity index (χ1n) is 16.8. The van der Waals surface area contributed by atoms with Crippen LogP contribution in [0.15, 0.2) is 42.7 Å². The molecule has 274 valence electrons. The summed E-state index contributed by atoms with van der Waals surface area (Å²) in [5, 5.41) is 4.48. The topological polar surface area (TPSA) is 138 Å². The van der Waals surface area contributed by atoms with Gasteiger partial charge in [0.15, 0.2) is 17.2 Å². The second-order valence-electron chi connectivity index (χ2n) is 12.8. The van der Waals surface area contributed by atoms with E-state index in [1.54, 1.807) is 22.9 Å². The molecule has 0 N–H and O–H groups in total. The van der Waals surface area contributed by atoms with Gasteiger partial charge in [-0.1, -0.05) is 0 Å². The predicted octanol–water partition coefficient (Wildman–Crippen LogP) is 4.91. The quantitative estimate of drug-likeness (QED) is 0.222. The monoisotopic (exact) mass is 748 g/mol. The van der Waals surface area contributed by atoms with Crippen LogP contribution in [0.2, 0.25) is 5.28 Å². The molecule has 2 aliphatic rings. The van der Waals surface area contributed by atoms with Crippen LogP contribution in [0.3, 0.4) is 0 Å². The zero-order valence-electron chi connectivity index (χ0n) is 28.9. The van der Waals surface area contributed by atoms with Gasteiger partial charge in [-0.2, -0.15) is 20.1 Å². The lowest BCUT2D eigenvalue weighted by molar-refractivity contribution is -0.133. The second kappa shape index (κ2) is 13.5. The minimum absolute atomic E-state index is 0.0220. The van der Waals surface area contributed by atoms with Gasteiger partial charge in [-0.05, 0) is 37.6 Å². The molecule has 0 unspecified atom stereocenters. The van der Waals surface area contributed by atoms with Gasteiger partial charge >= 0.3 is 6.01 Å². The average molecular weight is 749 g/mol. The standard InChI is InChI=1S/C35H32ClF3N10O4/c1-5-52-21-14-46(3)33(50)27-12-20(53-35-40-7-6-25(43-35)22-8-18(37)10-26-29(22)47(16-21)17(2)42-26)15-48(27)31-23-13-41-49(32(23)45-34(36)44-31)30-24(39)9-19(38)11-28(30)51-4/h6-11,13,20-21,27H,5,12,14-16H2,1-4H3/t20-,21-,27-/m0/s1. The summed E-state index contributed by atoms with van der Waals surface area (Å²) in [6.07, 6.45) is 2.03. The number of anilines is 1. The Morgan fingerprint density at radius 3 is 2.64 bits per heavy atom. The van der Waals surface area contributed by atoms with Gasteiger partial charge in [0.25, 0.3) is 0 Å². The molecule has 0 radical (unpaired) electrons. The predicted molar refractivity (Wildman–Crippen MR) is 187 cm³/mol. The molecule has 2 aromatic carbocycles. The lowest BCUT2D eigenvalue weighted by Crippen LogP contribution is -2.47. The molecule has 1 saturated heterocycles. The first-order valence-corrected chi connectivity index (χ1v) is 17.1. The van der Waals surface area contributed by atoms with Gasteiger partial charge in [-0.15, -0.1) is 0 Å². The minimum atomic E-state index is -0.941. The van der Waals surface area contributed by atoms with Crippen molar-refractivity contribution in [2.24, 2.45) is 0 Å². The molecule has 0 spiro atoms. The zero-order valence-corrected chi connectivity index (χ0v) is 29.7. The highest BCUT2D eigenvalue weighted by Gasteiger charge is 2.42. The number of amides is 1. The highest BCUT2D eigenvalue weighted by atomic mass is 35.5. The number of carbonyl (C=O) groups excluding carboxylic acids is 1. The highest BCUT2D eigenvalue weighted by Crippen LogP contribution is 2.37. The summed E-state index contributed by atoms with van der Waals surface area (Å²) >= 11 is 6.49.